The van der Waals surface area contributed by atoms with Crippen molar-refractivity contribution in [3.05, 3.63) is 0 Å². The predicted octanol–water partition coefficient (Wildman–Crippen LogP) is 3.33. The largest absolute Gasteiger partial charge is 0.481 e. The summed E-state index contributed by atoms with van der Waals surface area (Å²) in [7, 11) is 0. The summed E-state index contributed by atoms with van der Waals surface area (Å²) in [6.07, 6.45) is 4.17. The van der Waals surface area contributed by atoms with Crippen LogP contribution in [0.2, 0.25) is 0 Å². The van der Waals surface area contributed by atoms with Gasteiger partial charge >= 0.3 is 5.97 Å². The van der Waals surface area contributed by atoms with Gasteiger partial charge in [0, 0.05) is 5.92 Å². The Morgan fingerprint density at radius 2 is 2.11 bits per heavy atom. The highest BCUT2D eigenvalue weighted by Crippen LogP contribution is 2.57. The summed E-state index contributed by atoms with van der Waals surface area (Å²) in [5.74, 6) is 0.344. The average Bonchev–Trinajstić information content (AvgIpc) is 3.05. The molecule has 2 aliphatic rings. The minimum Gasteiger partial charge on any atom is -0.481 e. The molecule has 18 heavy (non-hydrogen) atoms. The number of epoxide rings is 1. The number of rotatable bonds is 5. The third kappa shape index (κ3) is 2.07. The molecule has 0 radical (unpaired) electrons. The zero-order chi connectivity index (χ0) is 13.5. The Bertz CT molecular complexity index is 326. The second kappa shape index (κ2) is 4.84. The highest BCUT2D eigenvalue weighted by atomic mass is 16.6. The fraction of sp³-hybridized carbons (Fsp3) is 0.933. The van der Waals surface area contributed by atoms with Crippen LogP contribution in [0.4, 0.5) is 0 Å². The Kier molecular flexibility index (Phi) is 3.72. The number of carboxylic acids is 1. The second-order valence-electron chi connectivity index (χ2n) is 6.58. The predicted molar refractivity (Wildman–Crippen MR) is 70.4 cm³/mol. The van der Waals surface area contributed by atoms with Gasteiger partial charge in [0.25, 0.3) is 0 Å². The van der Waals surface area contributed by atoms with Crippen LogP contribution >= 0.6 is 0 Å². The maximum absolute atomic E-state index is 12.0. The summed E-state index contributed by atoms with van der Waals surface area (Å²) in [5, 5.41) is 9.83. The summed E-state index contributed by atoms with van der Waals surface area (Å²) >= 11 is 0. The van der Waals surface area contributed by atoms with Crippen LogP contribution in [0.5, 0.6) is 0 Å². The van der Waals surface area contributed by atoms with E-state index >= 15 is 0 Å². The lowest BCUT2D eigenvalue weighted by Crippen LogP contribution is -2.49. The molecule has 2 rings (SSSR count). The van der Waals surface area contributed by atoms with Gasteiger partial charge in [0.2, 0.25) is 0 Å². The maximum Gasteiger partial charge on any atom is 0.310 e. The first-order valence-electron chi connectivity index (χ1n) is 7.33. The van der Waals surface area contributed by atoms with Gasteiger partial charge in [0.1, 0.15) is 0 Å². The van der Waals surface area contributed by atoms with Crippen molar-refractivity contribution >= 4 is 5.97 Å². The molecule has 1 aliphatic carbocycles. The molecule has 2 fully saturated rings. The van der Waals surface area contributed by atoms with Crippen molar-refractivity contribution < 1.29 is 14.6 Å². The zero-order valence-corrected chi connectivity index (χ0v) is 12.0. The Balaban J connectivity index is 2.29. The zero-order valence-electron chi connectivity index (χ0n) is 12.0. The van der Waals surface area contributed by atoms with Crippen LogP contribution in [0.15, 0.2) is 0 Å². The van der Waals surface area contributed by atoms with E-state index in [1.54, 1.807) is 0 Å². The SMILES string of the molecule is CCCCC1(C(=O)O)CC(C)C2OC2C1C(C)C. The first-order chi connectivity index (χ1) is 8.44. The fourth-order valence-corrected chi connectivity index (χ4v) is 4.14. The first-order valence-corrected chi connectivity index (χ1v) is 7.33. The van der Waals surface area contributed by atoms with Crippen LogP contribution in [0.25, 0.3) is 0 Å². The lowest BCUT2D eigenvalue weighted by Gasteiger charge is -2.43. The van der Waals surface area contributed by atoms with Crippen molar-refractivity contribution in [2.75, 3.05) is 0 Å². The fourth-order valence-electron chi connectivity index (χ4n) is 4.14. The minimum absolute atomic E-state index is 0.183. The van der Waals surface area contributed by atoms with Crippen LogP contribution in [-0.2, 0) is 9.53 Å². The minimum atomic E-state index is -0.601. The molecule has 0 aromatic rings. The molecule has 1 saturated carbocycles. The summed E-state index contributed by atoms with van der Waals surface area (Å²) in [5.41, 5.74) is -0.554. The van der Waals surface area contributed by atoms with Crippen molar-refractivity contribution in [2.45, 2.75) is 65.6 Å². The number of fused-ring (bicyclic) bond motifs is 1. The number of carboxylic acid groups (broad SMARTS) is 1. The molecule has 0 bridgehead atoms. The summed E-state index contributed by atoms with van der Waals surface area (Å²) in [6, 6.07) is 0. The van der Waals surface area contributed by atoms with Gasteiger partial charge in [0.15, 0.2) is 0 Å². The molecule has 0 spiro atoms. The first kappa shape index (κ1) is 13.9. The lowest BCUT2D eigenvalue weighted by molar-refractivity contribution is -0.158. The topological polar surface area (TPSA) is 49.8 Å². The van der Waals surface area contributed by atoms with Crippen LogP contribution in [0.3, 0.4) is 0 Å². The molecular formula is C15H26O3. The number of hydrogen-bond acceptors (Lipinski definition) is 2. The molecule has 1 saturated heterocycles. The lowest BCUT2D eigenvalue weighted by atomic mass is 9.58. The van der Waals surface area contributed by atoms with Gasteiger partial charge in [0.05, 0.1) is 17.6 Å². The molecule has 5 atom stereocenters. The summed E-state index contributed by atoms with van der Waals surface area (Å²) in [6.45, 7) is 8.56. The quantitative estimate of drug-likeness (QED) is 0.766. The van der Waals surface area contributed by atoms with Crippen LogP contribution < -0.4 is 0 Å². The van der Waals surface area contributed by atoms with Crippen LogP contribution in [0, 0.1) is 23.2 Å². The highest BCUT2D eigenvalue weighted by molar-refractivity contribution is 5.75. The van der Waals surface area contributed by atoms with E-state index in [0.29, 0.717) is 17.9 Å². The molecular weight excluding hydrogens is 228 g/mol. The van der Waals surface area contributed by atoms with E-state index in [4.69, 9.17) is 4.74 Å². The van der Waals surface area contributed by atoms with E-state index in [-0.39, 0.29) is 12.0 Å². The van der Waals surface area contributed by atoms with Gasteiger partial charge < -0.3 is 9.84 Å². The van der Waals surface area contributed by atoms with Gasteiger partial charge in [-0.1, -0.05) is 40.5 Å². The highest BCUT2D eigenvalue weighted by Gasteiger charge is 2.64. The number of unbranched alkanes of at least 4 members (excludes halogenated alkanes) is 1. The van der Waals surface area contributed by atoms with Crippen molar-refractivity contribution in [1.29, 1.82) is 0 Å². The van der Waals surface area contributed by atoms with Gasteiger partial charge in [-0.3, -0.25) is 4.79 Å². The molecule has 1 N–H and O–H groups in total. The van der Waals surface area contributed by atoms with Crippen LogP contribution in [0.1, 0.15) is 53.4 Å². The van der Waals surface area contributed by atoms with E-state index in [9.17, 15) is 9.90 Å². The summed E-state index contributed by atoms with van der Waals surface area (Å²) in [4.78, 5) is 12.0. The molecule has 0 amide bonds. The van der Waals surface area contributed by atoms with Gasteiger partial charge in [-0.2, -0.15) is 0 Å². The molecule has 104 valence electrons. The smallest absolute Gasteiger partial charge is 0.310 e. The van der Waals surface area contributed by atoms with Gasteiger partial charge in [-0.15, -0.1) is 0 Å². The van der Waals surface area contributed by atoms with E-state index < -0.39 is 11.4 Å². The van der Waals surface area contributed by atoms with Crippen LogP contribution in [-0.4, -0.2) is 23.3 Å². The van der Waals surface area contributed by atoms with Crippen molar-refractivity contribution in [2.24, 2.45) is 23.2 Å². The second-order valence-corrected chi connectivity index (χ2v) is 6.58. The van der Waals surface area contributed by atoms with E-state index in [1.165, 1.54) is 0 Å². The molecule has 5 unspecified atom stereocenters. The van der Waals surface area contributed by atoms with Crippen molar-refractivity contribution in [3.63, 3.8) is 0 Å². The average molecular weight is 254 g/mol. The normalized spacial score (nSPS) is 42.7. The molecule has 3 nitrogen and oxygen atoms in total. The van der Waals surface area contributed by atoms with Gasteiger partial charge in [-0.05, 0) is 24.7 Å². The van der Waals surface area contributed by atoms with E-state index in [1.807, 2.05) is 0 Å². The van der Waals surface area contributed by atoms with E-state index in [2.05, 4.69) is 27.7 Å². The van der Waals surface area contributed by atoms with Crippen molar-refractivity contribution in [3.8, 4) is 0 Å². The molecule has 1 aliphatic heterocycles. The summed E-state index contributed by atoms with van der Waals surface area (Å²) < 4.78 is 5.79. The molecule has 1 heterocycles. The van der Waals surface area contributed by atoms with Gasteiger partial charge in [-0.25, -0.2) is 0 Å². The number of carbonyl (C=O) groups is 1. The Hall–Kier alpha value is -0.570. The Labute approximate surface area is 110 Å². The Morgan fingerprint density at radius 3 is 2.61 bits per heavy atom. The number of ether oxygens (including phenoxy) is 1. The monoisotopic (exact) mass is 254 g/mol. The molecule has 0 aromatic carbocycles. The standard InChI is InChI=1S/C15H26O3/c1-5-6-7-15(14(16)17)8-10(4)12-13(18-12)11(15)9(2)3/h9-13H,5-8H2,1-4H3,(H,16,17). The molecule has 0 aromatic heterocycles. The molecule has 3 heteroatoms. The Morgan fingerprint density at radius 1 is 1.44 bits per heavy atom. The third-order valence-electron chi connectivity index (χ3n) is 4.92. The number of aliphatic carboxylic acids is 1. The number of hydrogen-bond donors (Lipinski definition) is 1. The third-order valence-corrected chi connectivity index (χ3v) is 4.92. The van der Waals surface area contributed by atoms with Crippen molar-refractivity contribution in [1.82, 2.24) is 0 Å². The maximum atomic E-state index is 12.0. The van der Waals surface area contributed by atoms with E-state index in [0.717, 1.165) is 25.7 Å².